The number of halogens is 1. The largest absolute Gasteiger partial charge is 0.497 e. The number of ketones is 1. The van der Waals surface area contributed by atoms with E-state index in [9.17, 15) is 14.0 Å². The van der Waals surface area contributed by atoms with Crippen LogP contribution in [0.5, 0.6) is 11.5 Å². The van der Waals surface area contributed by atoms with Crippen LogP contribution in [0.2, 0.25) is 0 Å². The van der Waals surface area contributed by atoms with Gasteiger partial charge in [0.1, 0.15) is 17.3 Å². The molecule has 0 aliphatic rings. The predicted molar refractivity (Wildman–Crippen MR) is 90.3 cm³/mol. The first-order valence-electron chi connectivity index (χ1n) is 7.39. The smallest absolute Gasteiger partial charge is 0.331 e. The van der Waals surface area contributed by atoms with Gasteiger partial charge in [0, 0.05) is 12.1 Å². The third kappa shape index (κ3) is 5.17. The molecular formula is C19H17FO5. The summed E-state index contributed by atoms with van der Waals surface area (Å²) < 4.78 is 28.2. The minimum atomic E-state index is -0.704. The van der Waals surface area contributed by atoms with Crippen LogP contribution in [0.25, 0.3) is 6.08 Å². The average molecular weight is 344 g/mol. The Hall–Kier alpha value is -3.15. The summed E-state index contributed by atoms with van der Waals surface area (Å²) in [6.07, 6.45) is 2.54. The van der Waals surface area contributed by atoms with E-state index in [1.807, 2.05) is 0 Å². The maximum absolute atomic E-state index is 13.0. The van der Waals surface area contributed by atoms with Crippen molar-refractivity contribution in [3.63, 3.8) is 0 Å². The molecule has 6 heteroatoms. The van der Waals surface area contributed by atoms with Crippen molar-refractivity contribution >= 4 is 17.8 Å². The number of rotatable bonds is 7. The third-order valence-electron chi connectivity index (χ3n) is 3.32. The average Bonchev–Trinajstić information content (AvgIpc) is 2.63. The molecule has 25 heavy (non-hydrogen) atoms. The summed E-state index contributed by atoms with van der Waals surface area (Å²) in [7, 11) is 2.93. The van der Waals surface area contributed by atoms with E-state index < -0.39 is 24.2 Å². The molecule has 0 unspecified atom stereocenters. The lowest BCUT2D eigenvalue weighted by molar-refractivity contribution is -0.136. The molecule has 0 heterocycles. The van der Waals surface area contributed by atoms with E-state index in [2.05, 4.69) is 0 Å². The highest BCUT2D eigenvalue weighted by Crippen LogP contribution is 2.24. The van der Waals surface area contributed by atoms with Crippen LogP contribution in [0.3, 0.4) is 0 Å². The number of carbonyl (C=O) groups is 2. The second-order valence-corrected chi connectivity index (χ2v) is 4.99. The Kier molecular flexibility index (Phi) is 6.28. The van der Waals surface area contributed by atoms with Crippen LogP contribution in [0.15, 0.2) is 48.5 Å². The summed E-state index contributed by atoms with van der Waals surface area (Å²) in [5, 5.41) is 0. The number of esters is 1. The van der Waals surface area contributed by atoms with Gasteiger partial charge >= 0.3 is 5.97 Å². The zero-order chi connectivity index (χ0) is 18.2. The number of carbonyl (C=O) groups excluding carboxylic acids is 2. The second-order valence-electron chi connectivity index (χ2n) is 4.99. The molecule has 0 bridgehead atoms. The van der Waals surface area contributed by atoms with Crippen molar-refractivity contribution in [2.24, 2.45) is 0 Å². The minimum Gasteiger partial charge on any atom is -0.497 e. The fourth-order valence-electron chi connectivity index (χ4n) is 2.07. The highest BCUT2D eigenvalue weighted by molar-refractivity contribution is 6.01. The molecular weight excluding hydrogens is 327 g/mol. The maximum atomic E-state index is 13.0. The van der Waals surface area contributed by atoms with Gasteiger partial charge in [0.05, 0.1) is 19.8 Å². The fraction of sp³-hybridized carbons (Fsp3) is 0.158. The molecule has 2 rings (SSSR count). The van der Waals surface area contributed by atoms with Gasteiger partial charge in [0.25, 0.3) is 0 Å². The standard InChI is InChI=1S/C19H17FO5/c1-23-15-7-8-16(18(11-15)24-2)17(21)12-25-19(22)9-6-13-4-3-5-14(20)10-13/h3-11H,12H2,1-2H3/b9-6+. The monoisotopic (exact) mass is 344 g/mol. The first-order valence-corrected chi connectivity index (χ1v) is 7.39. The Morgan fingerprint density at radius 2 is 1.88 bits per heavy atom. The lowest BCUT2D eigenvalue weighted by Gasteiger charge is -2.09. The first kappa shape index (κ1) is 18.2. The topological polar surface area (TPSA) is 61.8 Å². The lowest BCUT2D eigenvalue weighted by atomic mass is 10.1. The van der Waals surface area contributed by atoms with Crippen molar-refractivity contribution in [2.45, 2.75) is 0 Å². The van der Waals surface area contributed by atoms with E-state index in [0.717, 1.165) is 6.08 Å². The number of methoxy groups -OCH3 is 2. The molecule has 2 aromatic carbocycles. The summed E-state index contributed by atoms with van der Waals surface area (Å²) in [5.74, 6) is -0.645. The molecule has 0 aliphatic carbocycles. The highest BCUT2D eigenvalue weighted by Gasteiger charge is 2.14. The SMILES string of the molecule is COc1ccc(C(=O)COC(=O)/C=C/c2cccc(F)c2)c(OC)c1. The zero-order valence-electron chi connectivity index (χ0n) is 13.8. The molecule has 0 N–H and O–H groups in total. The molecule has 0 saturated heterocycles. The van der Waals surface area contributed by atoms with Crippen molar-refractivity contribution in [1.82, 2.24) is 0 Å². The summed E-state index contributed by atoms with van der Waals surface area (Å²) in [4.78, 5) is 23.9. The van der Waals surface area contributed by atoms with E-state index in [0.29, 0.717) is 17.1 Å². The van der Waals surface area contributed by atoms with Crippen LogP contribution < -0.4 is 9.47 Å². The summed E-state index contributed by atoms with van der Waals surface area (Å²) in [5.41, 5.74) is 0.797. The molecule has 130 valence electrons. The van der Waals surface area contributed by atoms with Gasteiger partial charge < -0.3 is 14.2 Å². The van der Waals surface area contributed by atoms with Gasteiger partial charge in [-0.1, -0.05) is 12.1 Å². The summed E-state index contributed by atoms with van der Waals surface area (Å²) >= 11 is 0. The third-order valence-corrected chi connectivity index (χ3v) is 3.32. The zero-order valence-corrected chi connectivity index (χ0v) is 13.8. The molecule has 0 radical (unpaired) electrons. The molecule has 0 aliphatic heterocycles. The Morgan fingerprint density at radius 1 is 1.08 bits per heavy atom. The van der Waals surface area contributed by atoms with Crippen LogP contribution in [0.4, 0.5) is 4.39 Å². The van der Waals surface area contributed by atoms with E-state index >= 15 is 0 Å². The first-order chi connectivity index (χ1) is 12.0. The van der Waals surface area contributed by atoms with Crippen LogP contribution in [0.1, 0.15) is 15.9 Å². The Labute approximate surface area is 144 Å². The number of Topliss-reactive ketones (excluding diaryl/α,β-unsaturated/α-hetero) is 1. The molecule has 0 saturated carbocycles. The predicted octanol–water partition coefficient (Wildman–Crippen LogP) is 3.28. The van der Waals surface area contributed by atoms with Gasteiger partial charge in [0.15, 0.2) is 6.61 Å². The van der Waals surface area contributed by atoms with Crippen molar-refractivity contribution in [1.29, 1.82) is 0 Å². The molecule has 0 aromatic heterocycles. The molecule has 0 amide bonds. The quantitative estimate of drug-likeness (QED) is 0.438. The van der Waals surface area contributed by atoms with Gasteiger partial charge in [-0.05, 0) is 35.9 Å². The number of benzene rings is 2. The number of hydrogen-bond acceptors (Lipinski definition) is 5. The van der Waals surface area contributed by atoms with Gasteiger partial charge in [-0.2, -0.15) is 0 Å². The molecule has 2 aromatic rings. The summed E-state index contributed by atoms with van der Waals surface area (Å²) in [6.45, 7) is -0.436. The maximum Gasteiger partial charge on any atom is 0.331 e. The van der Waals surface area contributed by atoms with Crippen LogP contribution >= 0.6 is 0 Å². The van der Waals surface area contributed by atoms with E-state index in [1.165, 1.54) is 44.6 Å². The fourth-order valence-corrected chi connectivity index (χ4v) is 2.07. The molecule has 0 atom stereocenters. The summed E-state index contributed by atoms with van der Waals surface area (Å²) in [6, 6.07) is 10.5. The molecule has 5 nitrogen and oxygen atoms in total. The number of ether oxygens (including phenoxy) is 3. The van der Waals surface area contributed by atoms with E-state index in [1.54, 1.807) is 18.2 Å². The minimum absolute atomic E-state index is 0.283. The highest BCUT2D eigenvalue weighted by atomic mass is 19.1. The van der Waals surface area contributed by atoms with E-state index in [-0.39, 0.29) is 5.56 Å². The van der Waals surface area contributed by atoms with Crippen LogP contribution in [-0.4, -0.2) is 32.6 Å². The molecule has 0 spiro atoms. The van der Waals surface area contributed by atoms with Crippen molar-refractivity contribution in [2.75, 3.05) is 20.8 Å². The van der Waals surface area contributed by atoms with Crippen molar-refractivity contribution in [3.8, 4) is 11.5 Å². The van der Waals surface area contributed by atoms with Crippen LogP contribution in [0, 0.1) is 5.82 Å². The van der Waals surface area contributed by atoms with Gasteiger partial charge in [-0.15, -0.1) is 0 Å². The van der Waals surface area contributed by atoms with Gasteiger partial charge in [-0.3, -0.25) is 4.79 Å². The van der Waals surface area contributed by atoms with Gasteiger partial charge in [-0.25, -0.2) is 9.18 Å². The van der Waals surface area contributed by atoms with Gasteiger partial charge in [0.2, 0.25) is 5.78 Å². The second kappa shape index (κ2) is 8.63. The number of hydrogen-bond donors (Lipinski definition) is 0. The normalized spacial score (nSPS) is 10.5. The Morgan fingerprint density at radius 3 is 2.56 bits per heavy atom. The van der Waals surface area contributed by atoms with Crippen molar-refractivity contribution in [3.05, 3.63) is 65.5 Å². The molecule has 0 fully saturated rings. The Bertz CT molecular complexity index is 798. The Balaban J connectivity index is 1.96. The van der Waals surface area contributed by atoms with Crippen LogP contribution in [-0.2, 0) is 9.53 Å². The van der Waals surface area contributed by atoms with E-state index in [4.69, 9.17) is 14.2 Å². The van der Waals surface area contributed by atoms with Crippen molar-refractivity contribution < 1.29 is 28.2 Å². The lowest BCUT2D eigenvalue weighted by Crippen LogP contribution is -2.13.